The maximum atomic E-state index is 13.1. The van der Waals surface area contributed by atoms with Gasteiger partial charge in [-0.3, -0.25) is 0 Å². The van der Waals surface area contributed by atoms with Crippen LogP contribution in [-0.2, 0) is 9.13 Å². The lowest BCUT2D eigenvalue weighted by Gasteiger charge is -2.31. The van der Waals surface area contributed by atoms with Gasteiger partial charge < -0.3 is 9.47 Å². The van der Waals surface area contributed by atoms with Crippen LogP contribution in [-0.4, -0.2) is 12.2 Å². The van der Waals surface area contributed by atoms with Crippen LogP contribution in [0.4, 0.5) is 0 Å². The van der Waals surface area contributed by atoms with Gasteiger partial charge >= 0.3 is 7.68 Å². The highest BCUT2D eigenvalue weighted by atomic mass is 31.1. The van der Waals surface area contributed by atoms with Crippen LogP contribution in [0.15, 0.2) is 30.3 Å². The van der Waals surface area contributed by atoms with E-state index in [1.54, 1.807) is 0 Å². The molecule has 0 heterocycles. The van der Waals surface area contributed by atoms with Gasteiger partial charge in [0.15, 0.2) is 0 Å². The Balaban J connectivity index is 1.98. The molecule has 4 nitrogen and oxygen atoms in total. The highest BCUT2D eigenvalue weighted by molar-refractivity contribution is 7.41. The Labute approximate surface area is 211 Å². The quantitative estimate of drug-likeness (QED) is 0.343. The lowest BCUT2D eigenvalue weighted by atomic mass is 9.75. The van der Waals surface area contributed by atoms with Crippen LogP contribution in [0, 0.1) is 0 Å². The van der Waals surface area contributed by atoms with Crippen molar-refractivity contribution in [2.75, 3.05) is 0 Å². The molecular formula is C30H41O4P. The summed E-state index contributed by atoms with van der Waals surface area (Å²) < 4.78 is 38.7. The molecule has 190 valence electrons. The molecule has 0 aromatic heterocycles. The second-order valence-electron chi connectivity index (χ2n) is 10.9. The molecule has 0 bridgehead atoms. The third kappa shape index (κ3) is 6.02. The fourth-order valence-corrected chi connectivity index (χ4v) is 6.98. The van der Waals surface area contributed by atoms with Gasteiger partial charge in [0.05, 0.1) is 23.1 Å². The van der Waals surface area contributed by atoms with E-state index in [1.807, 2.05) is 52.0 Å². The normalized spacial score (nSPS) is 17.7. The molecule has 0 N–H and O–H groups in total. The summed E-state index contributed by atoms with van der Waals surface area (Å²) in [5.74, 6) is 2.11. The van der Waals surface area contributed by atoms with E-state index in [1.165, 1.54) is 44.1 Å². The molecule has 2 aliphatic carbocycles. The molecular weight excluding hydrogens is 455 g/mol. The zero-order valence-corrected chi connectivity index (χ0v) is 22.7. The predicted octanol–water partition coefficient (Wildman–Crippen LogP) is 8.82. The van der Waals surface area contributed by atoms with Crippen LogP contribution in [0.1, 0.15) is 115 Å². The van der Waals surface area contributed by atoms with Gasteiger partial charge in [0.25, 0.3) is 0 Å². The van der Waals surface area contributed by atoms with Crippen LogP contribution in [0.25, 0.3) is 11.1 Å². The molecule has 35 heavy (non-hydrogen) atoms. The van der Waals surface area contributed by atoms with Crippen molar-refractivity contribution in [3.8, 4) is 22.6 Å². The van der Waals surface area contributed by atoms with Crippen molar-refractivity contribution >= 4 is 13.0 Å². The minimum atomic E-state index is -2.80. The van der Waals surface area contributed by atoms with E-state index >= 15 is 0 Å². The molecule has 2 aliphatic rings. The van der Waals surface area contributed by atoms with E-state index in [0.717, 1.165) is 42.4 Å². The van der Waals surface area contributed by atoms with Gasteiger partial charge in [0, 0.05) is 5.56 Å². The summed E-state index contributed by atoms with van der Waals surface area (Å²) in [5.41, 5.74) is 3.87. The minimum absolute atomic E-state index is 0.0353. The Bertz CT molecular complexity index is 1040. The smallest absolute Gasteiger partial charge is 0.349 e. The Morgan fingerprint density at radius 1 is 0.714 bits per heavy atom. The van der Waals surface area contributed by atoms with Gasteiger partial charge in [0.1, 0.15) is 11.5 Å². The second kappa shape index (κ2) is 11.8. The summed E-state index contributed by atoms with van der Waals surface area (Å²) in [4.78, 5) is 0. The van der Waals surface area contributed by atoms with Gasteiger partial charge in [-0.25, -0.2) is 9.13 Å². The monoisotopic (exact) mass is 496 g/mol. The SMILES string of the molecule is CC(C)Oc1cccc(OC(C)C)c1-c1ccc(C2CCCCC2)c(C2CCCCC2)c1P(=O)=O. The van der Waals surface area contributed by atoms with E-state index < -0.39 is 7.68 Å². The average Bonchev–Trinajstić information content (AvgIpc) is 2.84. The predicted molar refractivity (Wildman–Crippen MR) is 143 cm³/mol. The third-order valence-electron chi connectivity index (χ3n) is 7.47. The zero-order valence-electron chi connectivity index (χ0n) is 21.8. The number of rotatable bonds is 8. The van der Waals surface area contributed by atoms with Gasteiger partial charge in [-0.05, 0) is 88.5 Å². The summed E-state index contributed by atoms with van der Waals surface area (Å²) >= 11 is 0. The van der Waals surface area contributed by atoms with E-state index in [-0.39, 0.29) is 12.2 Å². The number of ether oxygens (including phenoxy) is 2. The molecule has 0 atom stereocenters. The van der Waals surface area contributed by atoms with E-state index in [0.29, 0.717) is 28.6 Å². The average molecular weight is 497 g/mol. The first-order valence-electron chi connectivity index (χ1n) is 13.6. The third-order valence-corrected chi connectivity index (χ3v) is 8.32. The van der Waals surface area contributed by atoms with Gasteiger partial charge in [-0.1, -0.05) is 56.7 Å². The molecule has 0 spiro atoms. The molecule has 4 rings (SSSR count). The van der Waals surface area contributed by atoms with E-state index in [9.17, 15) is 9.13 Å². The van der Waals surface area contributed by atoms with Crippen molar-refractivity contribution in [1.29, 1.82) is 0 Å². The molecule has 0 aliphatic heterocycles. The van der Waals surface area contributed by atoms with E-state index in [4.69, 9.17) is 9.47 Å². The van der Waals surface area contributed by atoms with Crippen LogP contribution in [0.3, 0.4) is 0 Å². The van der Waals surface area contributed by atoms with Crippen LogP contribution < -0.4 is 14.8 Å². The molecule has 2 aromatic rings. The number of benzene rings is 2. The fraction of sp³-hybridized carbons (Fsp3) is 0.600. The molecule has 0 radical (unpaired) electrons. The highest BCUT2D eigenvalue weighted by Gasteiger charge is 2.31. The molecule has 2 saturated carbocycles. The standard InChI is InChI=1S/C30H41O4P/c1-20(2)33-26-16-11-17-27(34-21(3)4)29(26)25-19-18-24(22-12-7-5-8-13-22)28(30(25)35(31)32)23-14-9-6-10-15-23/h11,16-23H,5-10,12-15H2,1-4H3. The fourth-order valence-electron chi connectivity index (χ4n) is 6.09. The topological polar surface area (TPSA) is 52.6 Å². The van der Waals surface area contributed by atoms with Gasteiger partial charge in [-0.2, -0.15) is 0 Å². The zero-order chi connectivity index (χ0) is 24.9. The molecule has 0 unspecified atom stereocenters. The summed E-state index contributed by atoms with van der Waals surface area (Å²) in [6.45, 7) is 7.98. The van der Waals surface area contributed by atoms with Crippen molar-refractivity contribution in [2.24, 2.45) is 0 Å². The number of hydrogen-bond acceptors (Lipinski definition) is 4. The maximum Gasteiger partial charge on any atom is 0.349 e. The minimum Gasteiger partial charge on any atom is -0.490 e. The summed E-state index contributed by atoms with van der Waals surface area (Å²) in [6, 6.07) is 10.1. The van der Waals surface area contributed by atoms with E-state index in [2.05, 4.69) is 6.07 Å². The molecule has 5 heteroatoms. The maximum absolute atomic E-state index is 13.1. The lowest BCUT2D eigenvalue weighted by Crippen LogP contribution is -2.21. The highest BCUT2D eigenvalue weighted by Crippen LogP contribution is 2.46. The molecule has 0 amide bonds. The van der Waals surface area contributed by atoms with Crippen molar-refractivity contribution in [1.82, 2.24) is 0 Å². The first kappa shape index (κ1) is 26.0. The number of hydrogen-bond donors (Lipinski definition) is 0. The molecule has 2 aromatic carbocycles. The molecule has 0 saturated heterocycles. The first-order chi connectivity index (χ1) is 16.9. The lowest BCUT2D eigenvalue weighted by molar-refractivity contribution is 0.231. The van der Waals surface area contributed by atoms with Gasteiger partial charge in [0.2, 0.25) is 0 Å². The Kier molecular flexibility index (Phi) is 8.76. The van der Waals surface area contributed by atoms with Crippen LogP contribution in [0.2, 0.25) is 0 Å². The first-order valence-corrected chi connectivity index (χ1v) is 14.8. The van der Waals surface area contributed by atoms with Crippen molar-refractivity contribution in [3.63, 3.8) is 0 Å². The van der Waals surface area contributed by atoms with Crippen molar-refractivity contribution in [2.45, 2.75) is 116 Å². The van der Waals surface area contributed by atoms with Crippen molar-refractivity contribution in [3.05, 3.63) is 41.5 Å². The second-order valence-corrected chi connectivity index (χ2v) is 11.8. The van der Waals surface area contributed by atoms with Crippen LogP contribution in [0.5, 0.6) is 11.5 Å². The Morgan fingerprint density at radius 3 is 1.71 bits per heavy atom. The largest absolute Gasteiger partial charge is 0.490 e. The Hall–Kier alpha value is -2.06. The Morgan fingerprint density at radius 2 is 1.23 bits per heavy atom. The van der Waals surface area contributed by atoms with Crippen LogP contribution >= 0.6 is 7.68 Å². The summed E-state index contributed by atoms with van der Waals surface area (Å²) in [7, 11) is -2.80. The van der Waals surface area contributed by atoms with Gasteiger partial charge in [-0.15, -0.1) is 0 Å². The summed E-state index contributed by atoms with van der Waals surface area (Å²) in [5, 5.41) is 0.503. The van der Waals surface area contributed by atoms with Crippen molar-refractivity contribution < 1.29 is 18.6 Å². The molecule has 2 fully saturated rings. The summed E-state index contributed by atoms with van der Waals surface area (Å²) in [6.07, 6.45) is 11.7.